The van der Waals surface area contributed by atoms with Crippen molar-refractivity contribution in [1.29, 1.82) is 0 Å². The molecule has 7 nitrogen and oxygen atoms in total. The van der Waals surface area contributed by atoms with Gasteiger partial charge in [0.1, 0.15) is 6.04 Å². The molecule has 2 fully saturated rings. The summed E-state index contributed by atoms with van der Waals surface area (Å²) < 4.78 is 0. The summed E-state index contributed by atoms with van der Waals surface area (Å²) >= 11 is 1.58. The van der Waals surface area contributed by atoms with Gasteiger partial charge in [-0.25, -0.2) is 0 Å². The monoisotopic (exact) mass is 499 g/mol. The van der Waals surface area contributed by atoms with Crippen molar-refractivity contribution in [2.45, 2.75) is 64.0 Å². The molecule has 2 atom stereocenters. The molecule has 3 aliphatic rings. The fourth-order valence-corrected chi connectivity index (χ4v) is 5.33. The molecule has 0 aromatic carbocycles. The molecule has 5 N–H and O–H groups in total. The predicted molar refractivity (Wildman–Crippen MR) is 145 cm³/mol. The number of thioether (sulfide) groups is 1. The van der Waals surface area contributed by atoms with Gasteiger partial charge in [-0.15, -0.1) is 0 Å². The quantitative estimate of drug-likeness (QED) is 0.383. The zero-order valence-corrected chi connectivity index (χ0v) is 22.2. The van der Waals surface area contributed by atoms with E-state index in [2.05, 4.69) is 40.9 Å². The molecule has 8 heteroatoms. The Morgan fingerprint density at radius 2 is 2.03 bits per heavy atom. The molecule has 2 aliphatic heterocycles. The molecule has 192 valence electrons. The Balaban J connectivity index is 1.91. The SMILES string of the molecule is C=C1/C=C\C=C/C(C)/C(CC(NC(=C2CCC2)C2(N)CCNCC2)C(=O)N(C)CNC(C)=O)=C\S1. The van der Waals surface area contributed by atoms with Crippen molar-refractivity contribution in [1.82, 2.24) is 20.9 Å². The highest BCUT2D eigenvalue weighted by atomic mass is 32.2. The van der Waals surface area contributed by atoms with Gasteiger partial charge in [0.2, 0.25) is 11.8 Å². The third-order valence-corrected chi connectivity index (χ3v) is 7.90. The molecule has 1 saturated heterocycles. The van der Waals surface area contributed by atoms with E-state index in [4.69, 9.17) is 5.73 Å². The van der Waals surface area contributed by atoms with Crippen molar-refractivity contribution in [3.63, 3.8) is 0 Å². The Labute approximate surface area is 214 Å². The van der Waals surface area contributed by atoms with E-state index < -0.39 is 11.6 Å². The standard InChI is InChI=1S/C27H41N5O2S/c1-19-8-5-6-9-20(2)35-17-23(19)16-24(26(34)32(4)18-30-21(3)33)31-25(22-10-7-11-22)27(28)12-14-29-15-13-27/h5-6,8-9,17,19,24,29,31H,2,7,10-16,18,28H2,1,3-4H3,(H,30,33)/b8-5-,9-6-,23-17-. The molecule has 35 heavy (non-hydrogen) atoms. The van der Waals surface area contributed by atoms with E-state index in [1.807, 2.05) is 18.2 Å². The molecule has 0 bridgehead atoms. The number of nitrogens with zero attached hydrogens (tertiary/aromatic N) is 1. The summed E-state index contributed by atoms with van der Waals surface area (Å²) in [6.45, 7) is 9.61. The summed E-state index contributed by atoms with van der Waals surface area (Å²) in [5.41, 5.74) is 10.1. The van der Waals surface area contributed by atoms with Crippen LogP contribution in [0.2, 0.25) is 0 Å². The first kappa shape index (κ1) is 27.3. The zero-order chi connectivity index (χ0) is 25.4. The van der Waals surface area contributed by atoms with Gasteiger partial charge in [0.05, 0.1) is 12.2 Å². The van der Waals surface area contributed by atoms with Gasteiger partial charge >= 0.3 is 0 Å². The topological polar surface area (TPSA) is 99.5 Å². The van der Waals surface area contributed by atoms with Crippen LogP contribution in [-0.2, 0) is 9.59 Å². The highest BCUT2D eigenvalue weighted by Crippen LogP contribution is 2.36. The van der Waals surface area contributed by atoms with Crippen LogP contribution in [0.15, 0.2) is 58.0 Å². The fraction of sp³-hybridized carbons (Fsp3) is 0.556. The molecule has 3 rings (SSSR count). The van der Waals surface area contributed by atoms with E-state index in [-0.39, 0.29) is 24.4 Å². The van der Waals surface area contributed by atoms with Crippen molar-refractivity contribution >= 4 is 23.6 Å². The summed E-state index contributed by atoms with van der Waals surface area (Å²) in [5, 5.41) is 11.9. The van der Waals surface area contributed by atoms with Crippen LogP contribution in [0.5, 0.6) is 0 Å². The van der Waals surface area contributed by atoms with Gasteiger partial charge in [0.25, 0.3) is 0 Å². The smallest absolute Gasteiger partial charge is 0.246 e. The minimum atomic E-state index is -0.489. The van der Waals surface area contributed by atoms with Crippen LogP contribution in [0.1, 0.15) is 52.4 Å². The van der Waals surface area contributed by atoms with Crippen molar-refractivity contribution in [2.75, 3.05) is 26.8 Å². The minimum absolute atomic E-state index is 0.0624. The maximum absolute atomic E-state index is 13.7. The summed E-state index contributed by atoms with van der Waals surface area (Å²) in [4.78, 5) is 27.7. The second kappa shape index (κ2) is 12.6. The molecule has 2 amide bonds. The first-order valence-corrected chi connectivity index (χ1v) is 13.4. The van der Waals surface area contributed by atoms with E-state index in [1.54, 1.807) is 23.7 Å². The van der Waals surface area contributed by atoms with Crippen LogP contribution in [0, 0.1) is 5.92 Å². The molecule has 0 spiro atoms. The third-order valence-electron chi connectivity index (χ3n) is 7.04. The average molecular weight is 500 g/mol. The van der Waals surface area contributed by atoms with Crippen LogP contribution in [0.25, 0.3) is 0 Å². The molecule has 0 aromatic rings. The number of nitrogens with one attached hydrogen (secondary N) is 3. The van der Waals surface area contributed by atoms with Crippen LogP contribution in [-0.4, -0.2) is 55.1 Å². The lowest BCUT2D eigenvalue weighted by atomic mass is 9.78. The number of piperidine rings is 1. The number of likely N-dealkylation sites (N-methyl/N-ethyl adjacent to an activating group) is 1. The molecule has 2 unspecified atom stereocenters. The van der Waals surface area contributed by atoms with E-state index in [1.165, 1.54) is 12.5 Å². The molecule has 1 aliphatic carbocycles. The van der Waals surface area contributed by atoms with Crippen molar-refractivity contribution in [2.24, 2.45) is 11.7 Å². The number of allylic oxidation sites excluding steroid dienone is 5. The van der Waals surface area contributed by atoms with E-state index >= 15 is 0 Å². The van der Waals surface area contributed by atoms with Gasteiger partial charge < -0.3 is 26.6 Å². The lowest BCUT2D eigenvalue weighted by Crippen LogP contribution is -2.57. The molecule has 0 radical (unpaired) electrons. The lowest BCUT2D eigenvalue weighted by molar-refractivity contribution is -0.133. The second-order valence-corrected chi connectivity index (χ2v) is 10.9. The zero-order valence-electron chi connectivity index (χ0n) is 21.4. The highest BCUT2D eigenvalue weighted by Gasteiger charge is 2.37. The average Bonchev–Trinajstić information content (AvgIpc) is 2.86. The first-order chi connectivity index (χ1) is 16.7. The first-order valence-electron chi connectivity index (χ1n) is 12.6. The van der Waals surface area contributed by atoms with Crippen molar-refractivity contribution in [3.8, 4) is 0 Å². The number of carbonyl (C=O) groups excluding carboxylic acids is 2. The number of carbonyl (C=O) groups is 2. The van der Waals surface area contributed by atoms with E-state index in [9.17, 15) is 9.59 Å². The summed E-state index contributed by atoms with van der Waals surface area (Å²) in [6.07, 6.45) is 13.6. The largest absolute Gasteiger partial charge is 0.375 e. The Morgan fingerprint density at radius 1 is 1.31 bits per heavy atom. The van der Waals surface area contributed by atoms with Gasteiger partial charge in [0.15, 0.2) is 0 Å². The lowest BCUT2D eigenvalue weighted by Gasteiger charge is -2.42. The normalized spacial score (nSPS) is 25.9. The maximum atomic E-state index is 13.7. The minimum Gasteiger partial charge on any atom is -0.375 e. The Morgan fingerprint density at radius 3 is 2.66 bits per heavy atom. The highest BCUT2D eigenvalue weighted by molar-refractivity contribution is 8.06. The maximum Gasteiger partial charge on any atom is 0.246 e. The third kappa shape index (κ3) is 7.59. The Hall–Kier alpha value is -2.29. The fourth-order valence-electron chi connectivity index (χ4n) is 4.56. The molecular weight excluding hydrogens is 458 g/mol. The molecule has 0 aromatic heterocycles. The van der Waals surface area contributed by atoms with Crippen LogP contribution in [0.4, 0.5) is 0 Å². The summed E-state index contributed by atoms with van der Waals surface area (Å²) in [7, 11) is 1.73. The van der Waals surface area contributed by atoms with Gasteiger partial charge in [0, 0.05) is 24.6 Å². The van der Waals surface area contributed by atoms with Crippen molar-refractivity contribution in [3.05, 3.63) is 58.0 Å². The number of amides is 2. The predicted octanol–water partition coefficient (Wildman–Crippen LogP) is 3.30. The molecule has 2 heterocycles. The number of rotatable bonds is 8. The van der Waals surface area contributed by atoms with Crippen molar-refractivity contribution < 1.29 is 9.59 Å². The van der Waals surface area contributed by atoms with Crippen LogP contribution < -0.4 is 21.7 Å². The van der Waals surface area contributed by atoms with Gasteiger partial charge in [-0.2, -0.15) is 0 Å². The number of nitrogens with two attached hydrogens (primary N) is 1. The van der Waals surface area contributed by atoms with E-state index in [0.29, 0.717) is 6.42 Å². The molecular formula is C27H41N5O2S. The number of hydrogen-bond donors (Lipinski definition) is 4. The Bertz CT molecular complexity index is 924. The van der Waals surface area contributed by atoms with Crippen LogP contribution in [0.3, 0.4) is 0 Å². The Kier molecular flexibility index (Phi) is 9.83. The van der Waals surface area contributed by atoms with Crippen LogP contribution >= 0.6 is 11.8 Å². The second-order valence-electron chi connectivity index (χ2n) is 9.88. The summed E-state index contributed by atoms with van der Waals surface area (Å²) in [6, 6.07) is -0.489. The van der Waals surface area contributed by atoms with Gasteiger partial charge in [-0.3, -0.25) is 9.59 Å². The molecule has 1 saturated carbocycles. The van der Waals surface area contributed by atoms with Gasteiger partial charge in [-0.05, 0) is 74.6 Å². The van der Waals surface area contributed by atoms with Gasteiger partial charge in [-0.1, -0.05) is 49.1 Å². The number of hydrogen-bond acceptors (Lipinski definition) is 6. The summed E-state index contributed by atoms with van der Waals surface area (Å²) in [5.74, 6) is -0.0591. The van der Waals surface area contributed by atoms with E-state index in [0.717, 1.165) is 61.4 Å².